The van der Waals surface area contributed by atoms with E-state index in [1.807, 2.05) is 6.07 Å². The lowest BCUT2D eigenvalue weighted by Crippen LogP contribution is -2.56. The van der Waals surface area contributed by atoms with Gasteiger partial charge in [0.2, 0.25) is 5.91 Å². The van der Waals surface area contributed by atoms with Gasteiger partial charge in [-0.15, -0.1) is 0 Å². The molecule has 3 aliphatic heterocycles. The van der Waals surface area contributed by atoms with Crippen LogP contribution in [-0.4, -0.2) is 52.8 Å². The Morgan fingerprint density at radius 2 is 1.77 bits per heavy atom. The summed E-state index contributed by atoms with van der Waals surface area (Å²) in [6, 6.07) is 11.3. The minimum Gasteiger partial charge on any atom is -0.339 e. The van der Waals surface area contributed by atoms with Crippen LogP contribution in [0.15, 0.2) is 43.0 Å². The van der Waals surface area contributed by atoms with Gasteiger partial charge in [-0.25, -0.2) is 9.69 Å². The van der Waals surface area contributed by atoms with E-state index in [1.54, 1.807) is 17.0 Å². The van der Waals surface area contributed by atoms with Crippen molar-refractivity contribution in [2.45, 2.75) is 50.0 Å². The first kappa shape index (κ1) is 27.2. The summed E-state index contributed by atoms with van der Waals surface area (Å²) in [6.45, 7) is 5.18. The molecule has 2 saturated heterocycles. The second-order valence-electron chi connectivity index (χ2n) is 10.3. The molecule has 10 heteroatoms. The number of nitrogens with zero attached hydrogens (tertiary/aromatic N) is 4. The minimum absolute atomic E-state index is 0.0529. The van der Waals surface area contributed by atoms with E-state index in [4.69, 9.17) is 28.9 Å². The number of halogens is 2. The molecule has 2 atom stereocenters. The molecule has 0 bridgehead atoms. The SMILES string of the molecule is C=C1c2cc(C#N)ccc2[C@@H]2CN(C(=O)CCCCCCCN)C[C@]23C(=O)N(c2cc(Cl)cc(Cl)c2)C(=O)N13. The molecule has 2 aromatic rings. The molecule has 0 unspecified atom stereocenters. The maximum absolute atomic E-state index is 14.3. The van der Waals surface area contributed by atoms with E-state index in [9.17, 15) is 19.6 Å². The van der Waals surface area contributed by atoms with E-state index >= 15 is 0 Å². The van der Waals surface area contributed by atoms with Gasteiger partial charge in [-0.2, -0.15) is 5.26 Å². The Bertz CT molecular complexity index is 1400. The first-order chi connectivity index (χ1) is 18.7. The third-order valence-corrected chi connectivity index (χ3v) is 8.39. The third-order valence-electron chi connectivity index (χ3n) is 7.96. The Morgan fingerprint density at radius 1 is 1.08 bits per heavy atom. The van der Waals surface area contributed by atoms with Gasteiger partial charge in [0.1, 0.15) is 0 Å². The van der Waals surface area contributed by atoms with E-state index in [2.05, 4.69) is 12.6 Å². The number of carbonyl (C=O) groups excluding carboxylic acids is 3. The minimum atomic E-state index is -1.36. The number of nitriles is 1. The molecule has 2 fully saturated rings. The quantitative estimate of drug-likeness (QED) is 0.345. The molecule has 3 heterocycles. The first-order valence-electron chi connectivity index (χ1n) is 13.1. The van der Waals surface area contributed by atoms with Crippen LogP contribution in [0.3, 0.4) is 0 Å². The van der Waals surface area contributed by atoms with Crippen LogP contribution in [-0.2, 0) is 9.59 Å². The summed E-state index contributed by atoms with van der Waals surface area (Å²) < 4.78 is 0. The van der Waals surface area contributed by atoms with E-state index in [0.29, 0.717) is 29.8 Å². The average Bonchev–Trinajstić information content (AvgIpc) is 3.41. The van der Waals surface area contributed by atoms with Crippen LogP contribution in [0.2, 0.25) is 10.0 Å². The number of rotatable bonds is 8. The Labute approximate surface area is 237 Å². The second-order valence-corrected chi connectivity index (χ2v) is 11.2. The van der Waals surface area contributed by atoms with Crippen LogP contribution in [0.25, 0.3) is 5.70 Å². The lowest BCUT2D eigenvalue weighted by molar-refractivity contribution is -0.131. The highest BCUT2D eigenvalue weighted by Gasteiger charge is 2.68. The number of hydrogen-bond acceptors (Lipinski definition) is 5. The fraction of sp³-hybridized carbons (Fsp3) is 0.379. The van der Waals surface area contributed by atoms with Crippen molar-refractivity contribution >= 4 is 52.4 Å². The summed E-state index contributed by atoms with van der Waals surface area (Å²) in [7, 11) is 0. The zero-order chi connectivity index (χ0) is 27.9. The highest BCUT2D eigenvalue weighted by atomic mass is 35.5. The van der Waals surface area contributed by atoms with Gasteiger partial charge in [0.05, 0.1) is 23.9 Å². The van der Waals surface area contributed by atoms with E-state index in [-0.39, 0.29) is 34.7 Å². The Balaban J connectivity index is 1.52. The van der Waals surface area contributed by atoms with E-state index in [1.165, 1.54) is 23.1 Å². The number of unbranched alkanes of at least 4 members (excludes halogenated alkanes) is 4. The van der Waals surface area contributed by atoms with Crippen LogP contribution in [0, 0.1) is 11.3 Å². The highest BCUT2D eigenvalue weighted by Crippen LogP contribution is 2.54. The molecule has 2 N–H and O–H groups in total. The van der Waals surface area contributed by atoms with Crippen LogP contribution >= 0.6 is 23.2 Å². The van der Waals surface area contributed by atoms with Gasteiger partial charge in [-0.05, 0) is 55.3 Å². The smallest absolute Gasteiger partial charge is 0.336 e. The van der Waals surface area contributed by atoms with Gasteiger partial charge in [-0.3, -0.25) is 14.5 Å². The molecule has 2 aromatic carbocycles. The molecule has 8 nitrogen and oxygen atoms in total. The van der Waals surface area contributed by atoms with E-state index < -0.39 is 23.4 Å². The van der Waals surface area contributed by atoms with Crippen LogP contribution < -0.4 is 10.6 Å². The van der Waals surface area contributed by atoms with Crippen LogP contribution in [0.5, 0.6) is 0 Å². The second kappa shape index (κ2) is 10.6. The van der Waals surface area contributed by atoms with E-state index in [0.717, 1.165) is 42.6 Å². The summed E-state index contributed by atoms with van der Waals surface area (Å²) in [5.41, 5.74) is 6.60. The maximum atomic E-state index is 14.3. The van der Waals surface area contributed by atoms with Crippen molar-refractivity contribution in [3.8, 4) is 6.07 Å². The molecule has 1 spiro atoms. The summed E-state index contributed by atoms with van der Waals surface area (Å²) in [5.74, 6) is -0.998. The van der Waals surface area contributed by atoms with Crippen molar-refractivity contribution in [1.29, 1.82) is 5.26 Å². The highest BCUT2D eigenvalue weighted by molar-refractivity contribution is 6.36. The van der Waals surface area contributed by atoms with Crippen molar-refractivity contribution in [2.24, 2.45) is 5.73 Å². The topological polar surface area (TPSA) is 111 Å². The molecule has 0 radical (unpaired) electrons. The van der Waals surface area contributed by atoms with Crippen molar-refractivity contribution in [3.05, 3.63) is 69.7 Å². The predicted octanol–water partition coefficient (Wildman–Crippen LogP) is 5.28. The monoisotopic (exact) mass is 565 g/mol. The number of carbonyl (C=O) groups is 3. The number of likely N-dealkylation sites (tertiary alicyclic amines) is 1. The van der Waals surface area contributed by atoms with Crippen molar-refractivity contribution < 1.29 is 14.4 Å². The molecule has 0 aromatic heterocycles. The lowest BCUT2D eigenvalue weighted by atomic mass is 9.74. The summed E-state index contributed by atoms with van der Waals surface area (Å²) in [6.07, 6.45) is 5.07. The molecule has 0 aliphatic carbocycles. The van der Waals surface area contributed by atoms with Crippen molar-refractivity contribution in [2.75, 3.05) is 24.5 Å². The largest absolute Gasteiger partial charge is 0.339 e. The van der Waals surface area contributed by atoms with Crippen molar-refractivity contribution in [3.63, 3.8) is 0 Å². The number of urea groups is 1. The molecule has 202 valence electrons. The molecule has 5 rings (SSSR count). The number of hydrogen-bond donors (Lipinski definition) is 1. The predicted molar refractivity (Wildman–Crippen MR) is 150 cm³/mol. The van der Waals surface area contributed by atoms with Gasteiger partial charge in [0.25, 0.3) is 5.91 Å². The van der Waals surface area contributed by atoms with Gasteiger partial charge in [0, 0.05) is 40.2 Å². The standard InChI is InChI=1S/C29H29Cl2N5O3/c1-18-24-11-19(15-33)8-9-23(24)25-16-34(26(37)7-5-3-2-4-6-10-32)17-29(25)27(38)35(28(39)36(18)29)22-13-20(30)12-21(31)14-22/h8-9,11-14,25H,1-7,10,16-17,32H2/t25-,29+/m0/s1. The molecule has 0 saturated carbocycles. The molecule has 39 heavy (non-hydrogen) atoms. The zero-order valence-corrected chi connectivity index (χ0v) is 23.0. The van der Waals surface area contributed by atoms with Crippen molar-refractivity contribution in [1.82, 2.24) is 9.80 Å². The number of nitrogens with two attached hydrogens (primary N) is 1. The Kier molecular flexibility index (Phi) is 7.43. The number of fused-ring (bicyclic) bond motifs is 2. The average molecular weight is 566 g/mol. The number of amides is 4. The normalized spacial score (nSPS) is 21.6. The zero-order valence-electron chi connectivity index (χ0n) is 21.5. The molecule has 4 amide bonds. The Morgan fingerprint density at radius 3 is 2.46 bits per heavy atom. The summed E-state index contributed by atoms with van der Waals surface area (Å²) in [5, 5.41) is 10.1. The molecular weight excluding hydrogens is 537 g/mol. The lowest BCUT2D eigenvalue weighted by Gasteiger charge is -2.42. The number of anilines is 1. The molecular formula is C29H29Cl2N5O3. The fourth-order valence-electron chi connectivity index (χ4n) is 6.13. The number of imide groups is 1. The van der Waals surface area contributed by atoms with Crippen LogP contribution in [0.1, 0.15) is 61.1 Å². The summed E-state index contributed by atoms with van der Waals surface area (Å²) >= 11 is 12.4. The summed E-state index contributed by atoms with van der Waals surface area (Å²) in [4.78, 5) is 45.8. The number of benzene rings is 2. The van der Waals surface area contributed by atoms with Gasteiger partial charge in [-0.1, -0.05) is 55.1 Å². The first-order valence-corrected chi connectivity index (χ1v) is 13.8. The van der Waals surface area contributed by atoms with Crippen LogP contribution in [0.4, 0.5) is 10.5 Å². The molecule has 3 aliphatic rings. The maximum Gasteiger partial charge on any atom is 0.336 e. The van der Waals surface area contributed by atoms with Gasteiger partial charge < -0.3 is 10.6 Å². The Hall–Kier alpha value is -3.38. The third kappa shape index (κ3) is 4.49. The van der Waals surface area contributed by atoms with Gasteiger partial charge in [0.15, 0.2) is 5.54 Å². The van der Waals surface area contributed by atoms with Gasteiger partial charge >= 0.3 is 6.03 Å². The fourth-order valence-corrected chi connectivity index (χ4v) is 6.65.